The zero-order valence-electron chi connectivity index (χ0n) is 9.23. The average Bonchev–Trinajstić information content (AvgIpc) is 2.80. The number of halogens is 1. The first-order valence-electron chi connectivity index (χ1n) is 5.30. The molecule has 1 aromatic heterocycles. The molecule has 0 spiro atoms. The monoisotopic (exact) mass is 252 g/mol. The van der Waals surface area contributed by atoms with Crippen LogP contribution in [0.2, 0.25) is 0 Å². The van der Waals surface area contributed by atoms with E-state index in [1.807, 2.05) is 5.38 Å². The molecule has 0 amide bonds. The van der Waals surface area contributed by atoms with Crippen LogP contribution in [0.15, 0.2) is 29.6 Å². The predicted octanol–water partition coefficient (Wildman–Crippen LogP) is 2.36. The van der Waals surface area contributed by atoms with Crippen molar-refractivity contribution in [3.05, 3.63) is 46.2 Å². The minimum absolute atomic E-state index is 0.281. The maximum absolute atomic E-state index is 13.2. The number of thiazole rings is 1. The highest BCUT2D eigenvalue weighted by atomic mass is 32.1. The van der Waals surface area contributed by atoms with E-state index in [-0.39, 0.29) is 11.6 Å². The summed E-state index contributed by atoms with van der Waals surface area (Å²) in [7, 11) is 0. The number of hydrogen-bond donors (Lipinski definition) is 1. The van der Waals surface area contributed by atoms with Gasteiger partial charge in [-0.3, -0.25) is 0 Å². The summed E-state index contributed by atoms with van der Waals surface area (Å²) in [5.41, 5.74) is 6.35. The number of benzene rings is 1. The lowest BCUT2D eigenvalue weighted by molar-refractivity contribution is 0.305. The summed E-state index contributed by atoms with van der Waals surface area (Å²) in [6.45, 7) is 0.864. The van der Waals surface area contributed by atoms with Crippen LogP contribution in [-0.4, -0.2) is 11.6 Å². The fourth-order valence-corrected chi connectivity index (χ4v) is 2.16. The van der Waals surface area contributed by atoms with Crippen LogP contribution in [0.4, 0.5) is 4.39 Å². The molecule has 17 heavy (non-hydrogen) atoms. The van der Waals surface area contributed by atoms with E-state index in [4.69, 9.17) is 10.5 Å². The van der Waals surface area contributed by atoms with Crippen LogP contribution in [0.25, 0.3) is 0 Å². The number of rotatable bonds is 5. The average molecular weight is 252 g/mol. The summed E-state index contributed by atoms with van der Waals surface area (Å²) in [5.74, 6) is -0.0580. The highest BCUT2D eigenvalue weighted by molar-refractivity contribution is 7.09. The van der Waals surface area contributed by atoms with Gasteiger partial charge in [0.25, 0.3) is 0 Å². The highest BCUT2D eigenvalue weighted by Crippen LogP contribution is 2.16. The molecule has 0 bridgehead atoms. The van der Waals surface area contributed by atoms with Crippen LogP contribution in [0.3, 0.4) is 0 Å². The SMILES string of the molecule is NCc1csc(CCOc2ccccc2F)n1. The van der Waals surface area contributed by atoms with E-state index in [0.29, 0.717) is 19.6 Å². The van der Waals surface area contributed by atoms with Gasteiger partial charge in [-0.05, 0) is 12.1 Å². The van der Waals surface area contributed by atoms with Crippen molar-refractivity contribution in [2.45, 2.75) is 13.0 Å². The third-order valence-corrected chi connectivity index (χ3v) is 3.18. The van der Waals surface area contributed by atoms with Gasteiger partial charge in [-0.1, -0.05) is 12.1 Å². The zero-order chi connectivity index (χ0) is 12.1. The molecule has 0 radical (unpaired) electrons. The van der Waals surface area contributed by atoms with E-state index < -0.39 is 0 Å². The van der Waals surface area contributed by atoms with Crippen molar-refractivity contribution in [3.63, 3.8) is 0 Å². The van der Waals surface area contributed by atoms with Gasteiger partial charge >= 0.3 is 0 Å². The summed E-state index contributed by atoms with van der Waals surface area (Å²) < 4.78 is 18.6. The van der Waals surface area contributed by atoms with E-state index in [1.165, 1.54) is 6.07 Å². The Kier molecular flexibility index (Phi) is 4.06. The molecule has 0 aliphatic rings. The lowest BCUT2D eigenvalue weighted by Crippen LogP contribution is -2.03. The van der Waals surface area contributed by atoms with Crippen molar-refractivity contribution in [2.24, 2.45) is 5.73 Å². The molecule has 0 aliphatic heterocycles. The number of ether oxygens (including phenoxy) is 1. The van der Waals surface area contributed by atoms with Crippen LogP contribution in [0.1, 0.15) is 10.7 Å². The molecule has 0 atom stereocenters. The van der Waals surface area contributed by atoms with Crippen LogP contribution >= 0.6 is 11.3 Å². The Balaban J connectivity index is 1.85. The predicted molar refractivity (Wildman–Crippen MR) is 65.6 cm³/mol. The summed E-state index contributed by atoms with van der Waals surface area (Å²) in [5, 5.41) is 2.89. The molecule has 90 valence electrons. The molecule has 3 nitrogen and oxygen atoms in total. The molecule has 2 rings (SSSR count). The van der Waals surface area contributed by atoms with Crippen LogP contribution in [-0.2, 0) is 13.0 Å². The molecule has 2 N–H and O–H groups in total. The lowest BCUT2D eigenvalue weighted by Gasteiger charge is -2.05. The van der Waals surface area contributed by atoms with Gasteiger partial charge in [-0.2, -0.15) is 0 Å². The van der Waals surface area contributed by atoms with E-state index >= 15 is 0 Å². The molecule has 0 saturated heterocycles. The number of nitrogens with zero attached hydrogens (tertiary/aromatic N) is 1. The Hall–Kier alpha value is -1.46. The molecule has 1 heterocycles. The van der Waals surface area contributed by atoms with Crippen molar-refractivity contribution in [1.29, 1.82) is 0 Å². The third-order valence-electron chi connectivity index (χ3n) is 2.22. The quantitative estimate of drug-likeness (QED) is 0.888. The van der Waals surface area contributed by atoms with E-state index in [9.17, 15) is 4.39 Å². The number of para-hydroxylation sites is 1. The summed E-state index contributed by atoms with van der Waals surface area (Å²) >= 11 is 1.55. The van der Waals surface area contributed by atoms with Crippen molar-refractivity contribution in [1.82, 2.24) is 4.98 Å². The van der Waals surface area contributed by atoms with Crippen LogP contribution in [0, 0.1) is 5.82 Å². The summed E-state index contributed by atoms with van der Waals surface area (Å²) in [4.78, 5) is 4.30. The van der Waals surface area contributed by atoms with E-state index in [1.54, 1.807) is 29.5 Å². The van der Waals surface area contributed by atoms with Gasteiger partial charge in [-0.25, -0.2) is 9.37 Å². The first-order valence-corrected chi connectivity index (χ1v) is 6.18. The Morgan fingerprint density at radius 3 is 2.88 bits per heavy atom. The van der Waals surface area contributed by atoms with E-state index in [0.717, 1.165) is 10.7 Å². The molecule has 0 saturated carbocycles. The second-order valence-corrected chi connectivity index (χ2v) is 4.41. The molecular weight excluding hydrogens is 239 g/mol. The standard InChI is InChI=1S/C12H13FN2OS/c13-10-3-1-2-4-11(10)16-6-5-12-15-9(7-14)8-17-12/h1-4,8H,5-7,14H2. The number of hydrogen-bond acceptors (Lipinski definition) is 4. The second kappa shape index (κ2) is 5.75. The first-order chi connectivity index (χ1) is 8.29. The van der Waals surface area contributed by atoms with Crippen molar-refractivity contribution >= 4 is 11.3 Å². The maximum atomic E-state index is 13.2. The fourth-order valence-electron chi connectivity index (χ4n) is 1.37. The van der Waals surface area contributed by atoms with Crippen molar-refractivity contribution < 1.29 is 9.13 Å². The van der Waals surface area contributed by atoms with Crippen molar-refractivity contribution in [3.8, 4) is 5.75 Å². The van der Waals surface area contributed by atoms with Crippen molar-refractivity contribution in [2.75, 3.05) is 6.61 Å². The molecular formula is C12H13FN2OS. The van der Waals surface area contributed by atoms with E-state index in [2.05, 4.69) is 4.98 Å². The Morgan fingerprint density at radius 2 is 2.18 bits per heavy atom. The Morgan fingerprint density at radius 1 is 1.35 bits per heavy atom. The minimum atomic E-state index is -0.339. The largest absolute Gasteiger partial charge is 0.490 e. The van der Waals surface area contributed by atoms with Gasteiger partial charge in [0.1, 0.15) is 0 Å². The molecule has 0 unspecified atom stereocenters. The third kappa shape index (κ3) is 3.25. The smallest absolute Gasteiger partial charge is 0.165 e. The lowest BCUT2D eigenvalue weighted by atomic mass is 10.3. The van der Waals surface area contributed by atoms with Gasteiger partial charge in [-0.15, -0.1) is 11.3 Å². The molecule has 2 aromatic rings. The van der Waals surface area contributed by atoms with Crippen LogP contribution < -0.4 is 10.5 Å². The summed E-state index contributed by atoms with van der Waals surface area (Å²) in [6, 6.07) is 6.37. The second-order valence-electron chi connectivity index (χ2n) is 3.47. The zero-order valence-corrected chi connectivity index (χ0v) is 10.0. The molecule has 1 aromatic carbocycles. The maximum Gasteiger partial charge on any atom is 0.165 e. The van der Waals surface area contributed by atoms with Gasteiger partial charge < -0.3 is 10.5 Å². The Bertz CT molecular complexity index is 487. The van der Waals surface area contributed by atoms with Gasteiger partial charge in [0.15, 0.2) is 11.6 Å². The number of aromatic nitrogens is 1. The highest BCUT2D eigenvalue weighted by Gasteiger charge is 2.03. The molecule has 0 fully saturated rings. The normalized spacial score (nSPS) is 10.5. The fraction of sp³-hybridized carbons (Fsp3) is 0.250. The topological polar surface area (TPSA) is 48.1 Å². The minimum Gasteiger partial charge on any atom is -0.490 e. The first kappa shape index (κ1) is 12.0. The Labute approximate surface area is 103 Å². The summed E-state index contributed by atoms with van der Waals surface area (Å²) in [6.07, 6.45) is 0.666. The molecule has 5 heteroatoms. The van der Waals surface area contributed by atoms with Gasteiger partial charge in [0.2, 0.25) is 0 Å². The van der Waals surface area contributed by atoms with Gasteiger partial charge in [0.05, 0.1) is 17.3 Å². The van der Waals surface area contributed by atoms with Crippen LogP contribution in [0.5, 0.6) is 5.75 Å². The number of nitrogens with two attached hydrogens (primary N) is 1. The molecule has 0 aliphatic carbocycles. The van der Waals surface area contributed by atoms with Gasteiger partial charge in [0, 0.05) is 18.3 Å².